The van der Waals surface area contributed by atoms with Gasteiger partial charge in [0.05, 0.1) is 0 Å². The lowest BCUT2D eigenvalue weighted by Crippen LogP contribution is -2.48. The van der Waals surface area contributed by atoms with Crippen LogP contribution in [0, 0.1) is 5.92 Å². The minimum atomic E-state index is 0.597. The van der Waals surface area contributed by atoms with Gasteiger partial charge in [0, 0.05) is 38.4 Å². The second-order valence-corrected chi connectivity index (χ2v) is 6.26. The minimum Gasteiger partial charge on any atom is -0.354 e. The molecule has 0 saturated carbocycles. The van der Waals surface area contributed by atoms with Crippen LogP contribution in [0.15, 0.2) is 12.1 Å². The number of hydrogen-bond acceptors (Lipinski definition) is 4. The van der Waals surface area contributed by atoms with E-state index in [0.29, 0.717) is 5.92 Å². The first-order valence-electron chi connectivity index (χ1n) is 7.92. The smallest absolute Gasteiger partial charge is 0.128 e. The van der Waals surface area contributed by atoms with Crippen LogP contribution < -0.4 is 10.6 Å². The van der Waals surface area contributed by atoms with Crippen molar-refractivity contribution >= 4 is 5.82 Å². The van der Waals surface area contributed by atoms with Gasteiger partial charge in [-0.1, -0.05) is 13.0 Å². The monoisotopic (exact) mass is 274 g/mol. The first-order valence-corrected chi connectivity index (χ1v) is 7.92. The van der Waals surface area contributed by atoms with Crippen LogP contribution in [-0.4, -0.2) is 49.2 Å². The molecule has 1 unspecified atom stereocenters. The number of fused-ring (bicyclic) bond motifs is 1. The lowest BCUT2D eigenvalue weighted by atomic mass is 10.1. The maximum absolute atomic E-state index is 5.71. The Morgan fingerprint density at radius 3 is 2.75 bits per heavy atom. The van der Waals surface area contributed by atoms with Crippen molar-refractivity contribution in [3.8, 4) is 0 Å². The summed E-state index contributed by atoms with van der Waals surface area (Å²) >= 11 is 0. The molecule has 1 atom stereocenters. The summed E-state index contributed by atoms with van der Waals surface area (Å²) in [5.74, 6) is 1.77. The predicted molar refractivity (Wildman–Crippen MR) is 83.1 cm³/mol. The fraction of sp³-hybridized carbons (Fsp3) is 0.688. The molecule has 1 aliphatic carbocycles. The molecule has 1 aromatic rings. The van der Waals surface area contributed by atoms with Crippen LogP contribution >= 0.6 is 0 Å². The highest BCUT2D eigenvalue weighted by Gasteiger charge is 2.20. The zero-order valence-electron chi connectivity index (χ0n) is 12.5. The van der Waals surface area contributed by atoms with Crippen molar-refractivity contribution in [1.29, 1.82) is 0 Å². The molecule has 0 aromatic carbocycles. The molecule has 2 heterocycles. The van der Waals surface area contributed by atoms with Crippen LogP contribution in [0.2, 0.25) is 0 Å². The topological polar surface area (TPSA) is 45.4 Å². The Balaban J connectivity index is 1.58. The van der Waals surface area contributed by atoms with E-state index in [0.717, 1.165) is 45.7 Å². The average Bonchev–Trinajstić information content (AvgIpc) is 2.95. The van der Waals surface area contributed by atoms with Gasteiger partial charge in [0.1, 0.15) is 5.82 Å². The van der Waals surface area contributed by atoms with Gasteiger partial charge in [-0.2, -0.15) is 0 Å². The Hall–Kier alpha value is -1.13. The average molecular weight is 274 g/mol. The molecule has 110 valence electrons. The Labute approximate surface area is 122 Å². The van der Waals surface area contributed by atoms with Crippen molar-refractivity contribution in [3.63, 3.8) is 0 Å². The summed E-state index contributed by atoms with van der Waals surface area (Å²) in [5, 5.41) is 0. The lowest BCUT2D eigenvalue weighted by molar-refractivity contribution is 0.227. The van der Waals surface area contributed by atoms with E-state index in [2.05, 4.69) is 28.9 Å². The third-order valence-electron chi connectivity index (χ3n) is 4.58. The molecule has 0 radical (unpaired) electrons. The molecule has 4 nitrogen and oxygen atoms in total. The van der Waals surface area contributed by atoms with E-state index in [1.54, 1.807) is 0 Å². The van der Waals surface area contributed by atoms with Gasteiger partial charge >= 0.3 is 0 Å². The minimum absolute atomic E-state index is 0.597. The van der Waals surface area contributed by atoms with Crippen LogP contribution in [0.3, 0.4) is 0 Å². The highest BCUT2D eigenvalue weighted by molar-refractivity contribution is 5.43. The molecule has 1 aromatic heterocycles. The maximum Gasteiger partial charge on any atom is 0.128 e. The summed E-state index contributed by atoms with van der Waals surface area (Å²) < 4.78 is 0. The molecule has 0 amide bonds. The number of nitrogens with two attached hydrogens (primary N) is 1. The van der Waals surface area contributed by atoms with Gasteiger partial charge < -0.3 is 10.6 Å². The molecule has 0 spiro atoms. The summed E-state index contributed by atoms with van der Waals surface area (Å²) in [6.07, 6.45) is 3.65. The molecule has 0 bridgehead atoms. The summed E-state index contributed by atoms with van der Waals surface area (Å²) in [6.45, 7) is 8.57. The highest BCUT2D eigenvalue weighted by Crippen LogP contribution is 2.23. The maximum atomic E-state index is 5.71. The molecule has 20 heavy (non-hydrogen) atoms. The normalized spacial score (nSPS) is 21.0. The second kappa shape index (κ2) is 6.10. The Morgan fingerprint density at radius 1 is 1.20 bits per heavy atom. The SMILES string of the molecule is CC(CN)CN1CCN(c2ccc3c(n2)CCC3)CC1. The van der Waals surface area contributed by atoms with Crippen LogP contribution in [0.5, 0.6) is 0 Å². The van der Waals surface area contributed by atoms with Crippen LogP contribution in [0.1, 0.15) is 24.6 Å². The standard InChI is InChI=1S/C16H26N4/c1-13(11-17)12-19-7-9-20(10-8-19)16-6-5-14-3-2-4-15(14)18-16/h5-6,13H,2-4,7-12,17H2,1H3. The number of aromatic nitrogens is 1. The van der Waals surface area contributed by atoms with Crippen molar-refractivity contribution in [2.24, 2.45) is 11.7 Å². The van der Waals surface area contributed by atoms with E-state index in [1.165, 1.54) is 29.9 Å². The van der Waals surface area contributed by atoms with E-state index >= 15 is 0 Å². The van der Waals surface area contributed by atoms with Gasteiger partial charge in [-0.3, -0.25) is 4.90 Å². The lowest BCUT2D eigenvalue weighted by Gasteiger charge is -2.36. The van der Waals surface area contributed by atoms with Crippen LogP contribution in [-0.2, 0) is 12.8 Å². The molecule has 1 fully saturated rings. The molecule has 1 saturated heterocycles. The summed E-state index contributed by atoms with van der Waals surface area (Å²) in [7, 11) is 0. The van der Waals surface area contributed by atoms with Crippen LogP contribution in [0.4, 0.5) is 5.82 Å². The number of aryl methyl sites for hydroxylation is 2. The van der Waals surface area contributed by atoms with Crippen molar-refractivity contribution in [2.45, 2.75) is 26.2 Å². The fourth-order valence-electron chi connectivity index (χ4n) is 3.26. The number of piperazine rings is 1. The largest absolute Gasteiger partial charge is 0.354 e. The Kier molecular flexibility index (Phi) is 4.22. The molecular formula is C16H26N4. The molecule has 2 aliphatic rings. The van der Waals surface area contributed by atoms with Gasteiger partial charge in [0.25, 0.3) is 0 Å². The number of pyridine rings is 1. The summed E-state index contributed by atoms with van der Waals surface area (Å²) in [4.78, 5) is 9.83. The zero-order chi connectivity index (χ0) is 13.9. The van der Waals surface area contributed by atoms with Crippen molar-refractivity contribution in [3.05, 3.63) is 23.4 Å². The molecular weight excluding hydrogens is 248 g/mol. The second-order valence-electron chi connectivity index (χ2n) is 6.26. The molecule has 3 rings (SSSR count). The van der Waals surface area contributed by atoms with Crippen molar-refractivity contribution in [1.82, 2.24) is 9.88 Å². The number of nitrogens with zero attached hydrogens (tertiary/aromatic N) is 3. The molecule has 2 N–H and O–H groups in total. The van der Waals surface area contributed by atoms with E-state index in [-0.39, 0.29) is 0 Å². The molecule has 1 aliphatic heterocycles. The van der Waals surface area contributed by atoms with Gasteiger partial charge in [0.15, 0.2) is 0 Å². The van der Waals surface area contributed by atoms with Gasteiger partial charge in [-0.25, -0.2) is 4.98 Å². The third kappa shape index (κ3) is 2.96. The van der Waals surface area contributed by atoms with Gasteiger partial charge in [-0.15, -0.1) is 0 Å². The van der Waals surface area contributed by atoms with E-state index in [4.69, 9.17) is 10.7 Å². The van der Waals surface area contributed by atoms with Gasteiger partial charge in [0.2, 0.25) is 0 Å². The van der Waals surface area contributed by atoms with E-state index in [9.17, 15) is 0 Å². The third-order valence-corrected chi connectivity index (χ3v) is 4.58. The van der Waals surface area contributed by atoms with Crippen molar-refractivity contribution < 1.29 is 0 Å². The van der Waals surface area contributed by atoms with Gasteiger partial charge in [-0.05, 0) is 43.4 Å². The highest BCUT2D eigenvalue weighted by atomic mass is 15.3. The molecule has 4 heteroatoms. The summed E-state index contributed by atoms with van der Waals surface area (Å²) in [6, 6.07) is 4.50. The van der Waals surface area contributed by atoms with Crippen LogP contribution in [0.25, 0.3) is 0 Å². The number of rotatable bonds is 4. The van der Waals surface area contributed by atoms with E-state index < -0.39 is 0 Å². The number of anilines is 1. The van der Waals surface area contributed by atoms with E-state index in [1.807, 2.05) is 0 Å². The first kappa shape index (κ1) is 13.8. The Morgan fingerprint density at radius 2 is 2.00 bits per heavy atom. The number of hydrogen-bond donors (Lipinski definition) is 1. The zero-order valence-corrected chi connectivity index (χ0v) is 12.5. The predicted octanol–water partition coefficient (Wildman–Crippen LogP) is 1.29. The first-order chi connectivity index (χ1) is 9.76. The summed E-state index contributed by atoms with van der Waals surface area (Å²) in [5.41, 5.74) is 8.51. The fourth-order valence-corrected chi connectivity index (χ4v) is 3.26. The quantitative estimate of drug-likeness (QED) is 0.898. The Bertz CT molecular complexity index is 452. The van der Waals surface area contributed by atoms with Crippen molar-refractivity contribution in [2.75, 3.05) is 44.2 Å².